The van der Waals surface area contributed by atoms with Crippen LogP contribution >= 0.6 is 0 Å². The monoisotopic (exact) mass is 436 g/mol. The van der Waals surface area contributed by atoms with Crippen molar-refractivity contribution in [3.63, 3.8) is 0 Å². The zero-order valence-electron chi connectivity index (χ0n) is 17.0. The van der Waals surface area contributed by atoms with Crippen LogP contribution < -0.4 is 10.1 Å². The van der Waals surface area contributed by atoms with Crippen molar-refractivity contribution in [2.24, 2.45) is 0 Å². The number of hydrogen-bond acceptors (Lipinski definition) is 4. The maximum atomic E-state index is 13.0. The number of nitrogens with zero attached hydrogens (tertiary/aromatic N) is 1. The normalized spacial score (nSPS) is 14.7. The molecule has 1 saturated heterocycles. The maximum absolute atomic E-state index is 13.0. The van der Waals surface area contributed by atoms with E-state index in [0.717, 1.165) is 19.3 Å². The SMILES string of the molecule is O=C(Nc1ccccc1Oc1ccccc1)c1cccc(S(=O)(=O)N2CCCCC2)c1. The third-order valence-corrected chi connectivity index (χ3v) is 7.05. The highest BCUT2D eigenvalue weighted by atomic mass is 32.2. The van der Waals surface area contributed by atoms with Gasteiger partial charge in [0.2, 0.25) is 10.0 Å². The highest BCUT2D eigenvalue weighted by molar-refractivity contribution is 7.89. The lowest BCUT2D eigenvalue weighted by molar-refractivity contribution is 0.102. The molecule has 4 rings (SSSR count). The van der Waals surface area contributed by atoms with Crippen LogP contribution in [0.3, 0.4) is 0 Å². The van der Waals surface area contributed by atoms with Crippen LogP contribution in [0.4, 0.5) is 5.69 Å². The van der Waals surface area contributed by atoms with Gasteiger partial charge in [-0.1, -0.05) is 42.8 Å². The molecule has 0 spiro atoms. The van der Waals surface area contributed by atoms with Gasteiger partial charge in [0.05, 0.1) is 10.6 Å². The van der Waals surface area contributed by atoms with E-state index in [1.165, 1.54) is 16.4 Å². The first-order valence-electron chi connectivity index (χ1n) is 10.3. The average molecular weight is 437 g/mol. The molecule has 7 heteroatoms. The molecule has 1 fully saturated rings. The van der Waals surface area contributed by atoms with Crippen LogP contribution in [0.1, 0.15) is 29.6 Å². The second kappa shape index (κ2) is 9.32. The van der Waals surface area contributed by atoms with Crippen molar-refractivity contribution in [2.45, 2.75) is 24.2 Å². The van der Waals surface area contributed by atoms with E-state index in [1.54, 1.807) is 30.3 Å². The molecule has 1 aliphatic heterocycles. The number of anilines is 1. The van der Waals surface area contributed by atoms with Crippen molar-refractivity contribution < 1.29 is 17.9 Å². The largest absolute Gasteiger partial charge is 0.455 e. The molecule has 0 atom stereocenters. The molecular weight excluding hydrogens is 412 g/mol. The number of carbonyl (C=O) groups excluding carboxylic acids is 1. The number of benzene rings is 3. The number of hydrogen-bond donors (Lipinski definition) is 1. The summed E-state index contributed by atoms with van der Waals surface area (Å²) in [7, 11) is -3.61. The van der Waals surface area contributed by atoms with Crippen LogP contribution in [0.2, 0.25) is 0 Å². The van der Waals surface area contributed by atoms with Gasteiger partial charge in [0.25, 0.3) is 5.91 Å². The third-order valence-electron chi connectivity index (χ3n) is 5.16. The van der Waals surface area contributed by atoms with Gasteiger partial charge in [-0.25, -0.2) is 8.42 Å². The van der Waals surface area contributed by atoms with Crippen molar-refractivity contribution in [1.82, 2.24) is 4.31 Å². The van der Waals surface area contributed by atoms with Gasteiger partial charge in [0.15, 0.2) is 5.75 Å². The summed E-state index contributed by atoms with van der Waals surface area (Å²) in [5.41, 5.74) is 0.772. The number of sulfonamides is 1. The van der Waals surface area contributed by atoms with Gasteiger partial charge in [-0.3, -0.25) is 4.79 Å². The summed E-state index contributed by atoms with van der Waals surface area (Å²) in [6.07, 6.45) is 2.76. The Labute approximate surface area is 182 Å². The molecule has 3 aromatic carbocycles. The molecule has 1 N–H and O–H groups in total. The molecule has 0 bridgehead atoms. The summed E-state index contributed by atoms with van der Waals surface area (Å²) in [5, 5.41) is 2.83. The van der Waals surface area contributed by atoms with Gasteiger partial charge >= 0.3 is 0 Å². The fraction of sp³-hybridized carbons (Fsp3) is 0.208. The van der Waals surface area contributed by atoms with E-state index < -0.39 is 15.9 Å². The van der Waals surface area contributed by atoms with E-state index in [-0.39, 0.29) is 10.5 Å². The van der Waals surface area contributed by atoms with Crippen LogP contribution in [-0.4, -0.2) is 31.7 Å². The van der Waals surface area contributed by atoms with Gasteiger partial charge in [0.1, 0.15) is 5.75 Å². The molecule has 1 heterocycles. The molecule has 0 radical (unpaired) electrons. The van der Waals surface area contributed by atoms with Crippen molar-refractivity contribution >= 4 is 21.6 Å². The van der Waals surface area contributed by atoms with Crippen LogP contribution in [0.15, 0.2) is 83.8 Å². The highest BCUT2D eigenvalue weighted by Gasteiger charge is 2.26. The second-order valence-corrected chi connectivity index (χ2v) is 9.30. The molecule has 1 aliphatic rings. The lowest BCUT2D eigenvalue weighted by Crippen LogP contribution is -2.35. The number of amides is 1. The van der Waals surface area contributed by atoms with E-state index >= 15 is 0 Å². The first-order valence-corrected chi connectivity index (χ1v) is 11.7. The van der Waals surface area contributed by atoms with Crippen LogP contribution in [0, 0.1) is 0 Å². The minimum atomic E-state index is -3.61. The molecule has 0 saturated carbocycles. The number of rotatable bonds is 6. The number of para-hydroxylation sites is 3. The predicted octanol–water partition coefficient (Wildman–Crippen LogP) is 4.91. The highest BCUT2D eigenvalue weighted by Crippen LogP contribution is 2.30. The van der Waals surface area contributed by atoms with Gasteiger partial charge in [-0.15, -0.1) is 0 Å². The summed E-state index contributed by atoms with van der Waals surface area (Å²) in [6.45, 7) is 1.03. The van der Waals surface area contributed by atoms with Crippen LogP contribution in [0.5, 0.6) is 11.5 Å². The molecule has 3 aromatic rings. The first kappa shape index (κ1) is 21.1. The van der Waals surface area contributed by atoms with Crippen LogP contribution in [-0.2, 0) is 10.0 Å². The zero-order chi connectivity index (χ0) is 21.7. The van der Waals surface area contributed by atoms with Crippen molar-refractivity contribution in [2.75, 3.05) is 18.4 Å². The molecule has 160 valence electrons. The van der Waals surface area contributed by atoms with Gasteiger partial charge in [0, 0.05) is 18.7 Å². The Morgan fingerprint density at radius 3 is 2.32 bits per heavy atom. The van der Waals surface area contributed by atoms with Gasteiger partial charge < -0.3 is 10.1 Å². The lowest BCUT2D eigenvalue weighted by atomic mass is 10.2. The molecule has 31 heavy (non-hydrogen) atoms. The summed E-state index contributed by atoms with van der Waals surface area (Å²) in [4.78, 5) is 13.0. The van der Waals surface area contributed by atoms with Crippen molar-refractivity contribution in [3.8, 4) is 11.5 Å². The maximum Gasteiger partial charge on any atom is 0.255 e. The lowest BCUT2D eigenvalue weighted by Gasteiger charge is -2.26. The van der Waals surface area contributed by atoms with E-state index in [1.807, 2.05) is 36.4 Å². The first-order chi connectivity index (χ1) is 15.0. The van der Waals surface area contributed by atoms with Crippen LogP contribution in [0.25, 0.3) is 0 Å². The number of carbonyl (C=O) groups is 1. The molecule has 1 amide bonds. The van der Waals surface area contributed by atoms with E-state index in [2.05, 4.69) is 5.32 Å². The summed E-state index contributed by atoms with van der Waals surface area (Å²) >= 11 is 0. The molecule has 0 unspecified atom stereocenters. The minimum absolute atomic E-state index is 0.135. The standard InChI is InChI=1S/C24H24N2O4S/c27-24(25-22-14-5-6-15-23(22)30-20-11-3-1-4-12-20)19-10-9-13-21(18-19)31(28,29)26-16-7-2-8-17-26/h1,3-6,9-15,18H,2,7-8,16-17H2,(H,25,27). The third kappa shape index (κ3) is 4.95. The molecule has 6 nitrogen and oxygen atoms in total. The Balaban J connectivity index is 1.54. The predicted molar refractivity (Wildman–Crippen MR) is 120 cm³/mol. The Kier molecular flexibility index (Phi) is 6.34. The fourth-order valence-electron chi connectivity index (χ4n) is 3.52. The van der Waals surface area contributed by atoms with Gasteiger partial charge in [-0.2, -0.15) is 4.31 Å². The Morgan fingerprint density at radius 1 is 0.839 bits per heavy atom. The molecule has 0 aromatic heterocycles. The Morgan fingerprint density at radius 2 is 1.55 bits per heavy atom. The van der Waals surface area contributed by atoms with E-state index in [9.17, 15) is 13.2 Å². The van der Waals surface area contributed by atoms with E-state index in [0.29, 0.717) is 30.3 Å². The van der Waals surface area contributed by atoms with Gasteiger partial charge in [-0.05, 0) is 55.3 Å². The summed E-state index contributed by atoms with van der Waals surface area (Å²) in [5.74, 6) is 0.748. The van der Waals surface area contributed by atoms with Crippen molar-refractivity contribution in [3.05, 3.63) is 84.4 Å². The molecular formula is C24H24N2O4S. The smallest absolute Gasteiger partial charge is 0.255 e. The summed E-state index contributed by atoms with van der Waals surface area (Å²) in [6, 6.07) is 22.6. The Bertz CT molecular complexity index is 1160. The zero-order valence-corrected chi connectivity index (χ0v) is 17.8. The topological polar surface area (TPSA) is 75.7 Å². The second-order valence-electron chi connectivity index (χ2n) is 7.36. The van der Waals surface area contributed by atoms with E-state index in [4.69, 9.17) is 4.74 Å². The Hall–Kier alpha value is -3.16. The fourth-order valence-corrected chi connectivity index (χ4v) is 5.08. The van der Waals surface area contributed by atoms with Crippen molar-refractivity contribution in [1.29, 1.82) is 0 Å². The number of nitrogens with one attached hydrogen (secondary N) is 1. The minimum Gasteiger partial charge on any atom is -0.455 e. The number of piperidine rings is 1. The summed E-state index contributed by atoms with van der Waals surface area (Å²) < 4.78 is 33.3. The quantitative estimate of drug-likeness (QED) is 0.596. The molecule has 0 aliphatic carbocycles. The number of ether oxygens (including phenoxy) is 1. The average Bonchev–Trinajstić information content (AvgIpc) is 2.81.